The number of rotatable bonds is 4. The van der Waals surface area contributed by atoms with Crippen molar-refractivity contribution in [1.82, 2.24) is 0 Å². The highest BCUT2D eigenvalue weighted by Crippen LogP contribution is 2.48. The van der Waals surface area contributed by atoms with E-state index in [9.17, 15) is 25.2 Å². The van der Waals surface area contributed by atoms with Gasteiger partial charge >= 0.3 is 0 Å². The number of carbonyl (C=O) groups excluding carboxylic acids is 1. The minimum absolute atomic E-state index is 0.352. The number of benzene rings is 1. The summed E-state index contributed by atoms with van der Waals surface area (Å²) in [5.41, 5.74) is -1.75. The zero-order valence-corrected chi connectivity index (χ0v) is 12.6. The van der Waals surface area contributed by atoms with Crippen molar-refractivity contribution >= 4 is 5.78 Å². The Morgan fingerprint density at radius 3 is 2.52 bits per heavy atom. The van der Waals surface area contributed by atoms with Crippen LogP contribution in [-0.2, 0) is 9.53 Å². The van der Waals surface area contributed by atoms with Crippen molar-refractivity contribution in [2.75, 3.05) is 6.61 Å². The number of fused-ring (bicyclic) bond motifs is 1. The number of Topliss-reactive ketones (excluding diaryl/α,β-unsaturated/α-hetero) is 1. The highest BCUT2D eigenvalue weighted by atomic mass is 16.6. The lowest BCUT2D eigenvalue weighted by Gasteiger charge is -2.60. The van der Waals surface area contributed by atoms with Gasteiger partial charge in [0.05, 0.1) is 6.10 Å². The molecule has 1 aliphatic carbocycles. The Hall–Kier alpha value is -1.51. The molecule has 126 valence electrons. The van der Waals surface area contributed by atoms with E-state index in [0.29, 0.717) is 5.75 Å². The second kappa shape index (κ2) is 5.85. The summed E-state index contributed by atoms with van der Waals surface area (Å²) in [6.07, 6.45) is -6.64. The molecule has 1 saturated carbocycles. The van der Waals surface area contributed by atoms with Crippen LogP contribution < -0.4 is 4.74 Å². The predicted molar refractivity (Wildman–Crippen MR) is 77.7 cm³/mol. The van der Waals surface area contributed by atoms with Crippen LogP contribution in [-0.4, -0.2) is 68.9 Å². The Bertz CT molecular complexity index is 573. The van der Waals surface area contributed by atoms with E-state index in [0.717, 1.165) is 0 Å². The molecule has 23 heavy (non-hydrogen) atoms. The monoisotopic (exact) mass is 324 g/mol. The molecule has 0 radical (unpaired) electrons. The molecular weight excluding hydrogens is 304 g/mol. The first-order valence-electron chi connectivity index (χ1n) is 7.50. The Kier molecular flexibility index (Phi) is 4.16. The summed E-state index contributed by atoms with van der Waals surface area (Å²) in [5.74, 6) is -0.747. The highest BCUT2D eigenvalue weighted by molar-refractivity contribution is 5.85. The first-order chi connectivity index (χ1) is 10.9. The van der Waals surface area contributed by atoms with E-state index in [1.807, 2.05) is 0 Å². The van der Waals surface area contributed by atoms with Crippen molar-refractivity contribution in [3.05, 3.63) is 30.3 Å². The molecule has 1 aliphatic heterocycles. The van der Waals surface area contributed by atoms with Gasteiger partial charge in [0.25, 0.3) is 0 Å². The standard InChI is InChI=1S/C16H20O7/c1-8-11(18)15-16(8,21)14(20)12(19)13(23-15)10(17)7-22-9-5-3-2-4-6-9/h2-6,8,11-15,18-21H,7H2,1H3/t8?,11?,12-,13?,14+,15+,16-/m0/s1. The number of aliphatic hydroxyl groups excluding tert-OH is 3. The van der Waals surface area contributed by atoms with Gasteiger partial charge in [-0.3, -0.25) is 4.79 Å². The molecule has 3 rings (SSSR count). The summed E-state index contributed by atoms with van der Waals surface area (Å²) in [6.45, 7) is 1.19. The van der Waals surface area contributed by atoms with Crippen LogP contribution in [0.2, 0.25) is 0 Å². The molecule has 7 nitrogen and oxygen atoms in total. The van der Waals surface area contributed by atoms with Crippen LogP contribution >= 0.6 is 0 Å². The van der Waals surface area contributed by atoms with Gasteiger partial charge in [0, 0.05) is 5.92 Å². The third-order valence-corrected chi connectivity index (χ3v) is 4.85. The fraction of sp³-hybridized carbons (Fsp3) is 0.562. The molecule has 2 fully saturated rings. The quantitative estimate of drug-likeness (QED) is 0.553. The van der Waals surface area contributed by atoms with Gasteiger partial charge in [0.2, 0.25) is 5.78 Å². The molecule has 0 amide bonds. The Balaban J connectivity index is 1.67. The van der Waals surface area contributed by atoms with Crippen molar-refractivity contribution in [1.29, 1.82) is 0 Å². The van der Waals surface area contributed by atoms with E-state index in [2.05, 4.69) is 0 Å². The fourth-order valence-electron chi connectivity index (χ4n) is 3.27. The molecule has 1 heterocycles. The predicted octanol–water partition coefficient (Wildman–Crippen LogP) is -1.13. The molecule has 1 aromatic rings. The second-order valence-corrected chi connectivity index (χ2v) is 6.15. The maximum Gasteiger partial charge on any atom is 0.201 e. The largest absolute Gasteiger partial charge is 0.486 e. The molecule has 7 atom stereocenters. The maximum absolute atomic E-state index is 12.2. The fourth-order valence-corrected chi connectivity index (χ4v) is 3.27. The number of carbonyl (C=O) groups is 1. The zero-order valence-electron chi connectivity index (χ0n) is 12.6. The van der Waals surface area contributed by atoms with Crippen LogP contribution in [0.5, 0.6) is 5.75 Å². The SMILES string of the molecule is CC1C(O)[C@H]2OC(C(=O)COc3ccccc3)[C@H](O)[C@@H](O)[C@@]12O. The number of para-hydroxylation sites is 1. The molecule has 1 saturated heterocycles. The molecule has 0 aromatic heterocycles. The lowest BCUT2D eigenvalue weighted by Crippen LogP contribution is -2.81. The second-order valence-electron chi connectivity index (χ2n) is 6.15. The van der Waals surface area contributed by atoms with Gasteiger partial charge in [0.15, 0.2) is 0 Å². The number of ketones is 1. The lowest BCUT2D eigenvalue weighted by molar-refractivity contribution is -0.358. The average Bonchev–Trinajstić information content (AvgIpc) is 2.58. The molecule has 2 aliphatic rings. The van der Waals surface area contributed by atoms with E-state index in [4.69, 9.17) is 9.47 Å². The third kappa shape index (κ3) is 2.45. The van der Waals surface area contributed by atoms with E-state index < -0.39 is 47.8 Å². The van der Waals surface area contributed by atoms with Gasteiger partial charge in [-0.25, -0.2) is 0 Å². The Labute approximate surface area is 133 Å². The summed E-state index contributed by atoms with van der Waals surface area (Å²) in [5, 5.41) is 40.5. The number of aliphatic hydroxyl groups is 4. The molecule has 4 N–H and O–H groups in total. The third-order valence-electron chi connectivity index (χ3n) is 4.85. The molecule has 3 unspecified atom stereocenters. The van der Waals surface area contributed by atoms with Gasteiger partial charge in [-0.15, -0.1) is 0 Å². The molecular formula is C16H20O7. The Morgan fingerprint density at radius 1 is 1.22 bits per heavy atom. The molecule has 0 spiro atoms. The van der Waals surface area contributed by atoms with Crippen molar-refractivity contribution in [3.8, 4) is 5.75 Å². The van der Waals surface area contributed by atoms with Crippen LogP contribution in [0.25, 0.3) is 0 Å². The van der Waals surface area contributed by atoms with Gasteiger partial charge in [-0.2, -0.15) is 0 Å². The molecule has 0 bridgehead atoms. The normalized spacial score (nSPS) is 42.5. The number of hydrogen-bond acceptors (Lipinski definition) is 7. The summed E-state index contributed by atoms with van der Waals surface area (Å²) in [6, 6.07) is 8.66. The van der Waals surface area contributed by atoms with Crippen LogP contribution in [0, 0.1) is 5.92 Å². The van der Waals surface area contributed by atoms with E-state index >= 15 is 0 Å². The van der Waals surface area contributed by atoms with E-state index in [1.54, 1.807) is 37.3 Å². The van der Waals surface area contributed by atoms with Crippen molar-refractivity contribution in [3.63, 3.8) is 0 Å². The van der Waals surface area contributed by atoms with E-state index in [-0.39, 0.29) is 6.61 Å². The van der Waals surface area contributed by atoms with Crippen molar-refractivity contribution in [2.45, 2.75) is 43.0 Å². The zero-order chi connectivity index (χ0) is 16.8. The summed E-state index contributed by atoms with van der Waals surface area (Å²) < 4.78 is 10.7. The van der Waals surface area contributed by atoms with Gasteiger partial charge in [0.1, 0.15) is 42.4 Å². The summed E-state index contributed by atoms with van der Waals surface area (Å²) >= 11 is 0. The average molecular weight is 324 g/mol. The lowest BCUT2D eigenvalue weighted by atomic mass is 9.59. The van der Waals surface area contributed by atoms with Crippen molar-refractivity contribution in [2.24, 2.45) is 5.92 Å². The summed E-state index contributed by atoms with van der Waals surface area (Å²) in [7, 11) is 0. The van der Waals surface area contributed by atoms with Crippen LogP contribution in [0.4, 0.5) is 0 Å². The van der Waals surface area contributed by atoms with Crippen LogP contribution in [0.15, 0.2) is 30.3 Å². The van der Waals surface area contributed by atoms with Gasteiger partial charge < -0.3 is 29.9 Å². The topological polar surface area (TPSA) is 116 Å². The Morgan fingerprint density at radius 2 is 1.87 bits per heavy atom. The minimum atomic E-state index is -1.75. The summed E-state index contributed by atoms with van der Waals surface area (Å²) in [4.78, 5) is 12.2. The first kappa shape index (κ1) is 16.4. The van der Waals surface area contributed by atoms with Crippen LogP contribution in [0.1, 0.15) is 6.92 Å². The van der Waals surface area contributed by atoms with Crippen LogP contribution in [0.3, 0.4) is 0 Å². The number of ether oxygens (including phenoxy) is 2. The highest BCUT2D eigenvalue weighted by Gasteiger charge is 2.69. The van der Waals surface area contributed by atoms with Gasteiger partial charge in [-0.1, -0.05) is 25.1 Å². The van der Waals surface area contributed by atoms with E-state index in [1.165, 1.54) is 0 Å². The number of hydrogen-bond donors (Lipinski definition) is 4. The molecule has 1 aromatic carbocycles. The molecule has 7 heteroatoms. The smallest absolute Gasteiger partial charge is 0.201 e. The maximum atomic E-state index is 12.2. The van der Waals surface area contributed by atoms with Gasteiger partial charge in [-0.05, 0) is 12.1 Å². The van der Waals surface area contributed by atoms with Crippen molar-refractivity contribution < 1.29 is 34.7 Å². The first-order valence-corrected chi connectivity index (χ1v) is 7.50. The minimum Gasteiger partial charge on any atom is -0.486 e.